The Morgan fingerprint density at radius 1 is 0.606 bits per heavy atom. The van der Waals surface area contributed by atoms with Crippen molar-refractivity contribution in [2.24, 2.45) is 0 Å². The first-order valence-electron chi connectivity index (χ1n) is 13.2. The molecule has 2 unspecified atom stereocenters. The van der Waals surface area contributed by atoms with E-state index in [1.807, 2.05) is 0 Å². The second-order valence-corrected chi connectivity index (χ2v) is 9.59. The molecule has 2 rings (SSSR count). The molecule has 0 heterocycles. The van der Waals surface area contributed by atoms with Crippen molar-refractivity contribution < 1.29 is 4.74 Å². The summed E-state index contributed by atoms with van der Waals surface area (Å²) in [5, 5.41) is 0. The van der Waals surface area contributed by atoms with Crippen molar-refractivity contribution in [1.82, 2.24) is 0 Å². The van der Waals surface area contributed by atoms with Crippen LogP contribution in [0.3, 0.4) is 0 Å². The first kappa shape index (κ1) is 27.1. The van der Waals surface area contributed by atoms with E-state index in [9.17, 15) is 0 Å². The molecule has 2 aromatic carbocycles. The largest absolute Gasteiger partial charge is 0.360 e. The molecule has 0 spiro atoms. The molecule has 0 N–H and O–H groups in total. The van der Waals surface area contributed by atoms with E-state index < -0.39 is 11.2 Å². The van der Waals surface area contributed by atoms with Crippen molar-refractivity contribution in [3.8, 4) is 0 Å². The Hall–Kier alpha value is -2.12. The van der Waals surface area contributed by atoms with E-state index in [1.54, 1.807) is 0 Å². The summed E-state index contributed by atoms with van der Waals surface area (Å²) in [6.07, 6.45) is 17.6. The molecule has 0 bridgehead atoms. The van der Waals surface area contributed by atoms with Crippen LogP contribution in [0.25, 0.3) is 0 Å². The predicted molar refractivity (Wildman–Crippen MR) is 145 cm³/mol. The van der Waals surface area contributed by atoms with Gasteiger partial charge in [0.25, 0.3) is 0 Å². The van der Waals surface area contributed by atoms with Crippen molar-refractivity contribution in [3.05, 3.63) is 97.1 Å². The molecule has 0 radical (unpaired) electrons. The van der Waals surface area contributed by atoms with Crippen molar-refractivity contribution in [2.45, 2.75) is 102 Å². The number of ether oxygens (including phenoxy) is 1. The number of hydrogen-bond acceptors (Lipinski definition) is 1. The van der Waals surface area contributed by atoms with Gasteiger partial charge in [0.1, 0.15) is 0 Å². The molecule has 1 heteroatoms. The van der Waals surface area contributed by atoms with Gasteiger partial charge in [0, 0.05) is 12.8 Å². The molecule has 0 saturated heterocycles. The average Bonchev–Trinajstić information content (AvgIpc) is 2.85. The Kier molecular flexibility index (Phi) is 12.3. The zero-order chi connectivity index (χ0) is 23.8. The van der Waals surface area contributed by atoms with E-state index in [2.05, 4.69) is 99.8 Å². The smallest absolute Gasteiger partial charge is 0.0912 e. The molecule has 33 heavy (non-hydrogen) atoms. The van der Waals surface area contributed by atoms with Crippen LogP contribution < -0.4 is 0 Å². The van der Waals surface area contributed by atoms with Crippen molar-refractivity contribution >= 4 is 0 Å². The lowest BCUT2D eigenvalue weighted by Crippen LogP contribution is -2.45. The third kappa shape index (κ3) is 9.33. The molecule has 2 atom stereocenters. The fourth-order valence-corrected chi connectivity index (χ4v) is 4.77. The number of unbranched alkanes of at least 4 members (excludes halogenated alkanes) is 6. The summed E-state index contributed by atoms with van der Waals surface area (Å²) in [4.78, 5) is 0. The molecule has 0 aliphatic carbocycles. The summed E-state index contributed by atoms with van der Waals surface area (Å²) in [7, 11) is 0. The zero-order valence-electron chi connectivity index (χ0n) is 21.2. The Balaban J connectivity index is 2.34. The number of benzene rings is 2. The average molecular weight is 447 g/mol. The maximum Gasteiger partial charge on any atom is 0.0912 e. The second-order valence-electron chi connectivity index (χ2n) is 9.59. The molecule has 180 valence electrons. The van der Waals surface area contributed by atoms with Gasteiger partial charge in [-0.1, -0.05) is 138 Å². The summed E-state index contributed by atoms with van der Waals surface area (Å²) < 4.78 is 7.26. The summed E-state index contributed by atoms with van der Waals surface area (Å²) >= 11 is 0. The SMILES string of the molecule is C=CC(CCCCCC)(Cc1ccccc1)OC(C=C)(CCCCCC)Cc1ccccc1. The Labute approximate surface area is 204 Å². The summed E-state index contributed by atoms with van der Waals surface area (Å²) in [6.45, 7) is 13.1. The lowest BCUT2D eigenvalue weighted by Gasteiger charge is -2.42. The van der Waals surface area contributed by atoms with Crippen LogP contribution in [0.5, 0.6) is 0 Å². The predicted octanol–water partition coefficient (Wildman–Crippen LogP) is 9.28. The van der Waals surface area contributed by atoms with Crippen molar-refractivity contribution in [3.63, 3.8) is 0 Å². The highest BCUT2D eigenvalue weighted by Crippen LogP contribution is 2.37. The number of rotatable bonds is 18. The van der Waals surface area contributed by atoms with Crippen LogP contribution in [0.1, 0.15) is 89.2 Å². The van der Waals surface area contributed by atoms with E-state index in [0.29, 0.717) is 0 Å². The third-order valence-corrected chi connectivity index (χ3v) is 6.75. The van der Waals surface area contributed by atoms with Crippen molar-refractivity contribution in [2.75, 3.05) is 0 Å². The lowest BCUT2D eigenvalue weighted by atomic mass is 9.84. The standard InChI is InChI=1S/C32H46O/c1-5-9-11-19-25-31(7-3,27-29-21-15-13-16-22-29)33-32(8-4,26-20-12-10-6-2)28-30-23-17-14-18-24-30/h7-8,13-18,21-24H,3-6,9-12,19-20,25-28H2,1-2H3. The van der Waals surface area contributed by atoms with Gasteiger partial charge in [-0.2, -0.15) is 0 Å². The molecule has 1 nitrogen and oxygen atoms in total. The molecule has 0 fully saturated rings. The molecular weight excluding hydrogens is 400 g/mol. The van der Waals surface area contributed by atoms with Gasteiger partial charge in [0.2, 0.25) is 0 Å². The summed E-state index contributed by atoms with van der Waals surface area (Å²) in [5.41, 5.74) is 1.80. The monoisotopic (exact) mass is 446 g/mol. The summed E-state index contributed by atoms with van der Waals surface area (Å²) in [5.74, 6) is 0. The highest BCUT2D eigenvalue weighted by Gasteiger charge is 2.38. The number of hydrogen-bond donors (Lipinski definition) is 0. The molecule has 2 aromatic rings. The van der Waals surface area contributed by atoms with E-state index in [4.69, 9.17) is 4.74 Å². The fourth-order valence-electron chi connectivity index (χ4n) is 4.77. The Bertz CT molecular complexity index is 713. The van der Waals surface area contributed by atoms with E-state index in [1.165, 1.54) is 49.7 Å². The minimum Gasteiger partial charge on any atom is -0.360 e. The zero-order valence-corrected chi connectivity index (χ0v) is 21.2. The van der Waals surface area contributed by atoms with Gasteiger partial charge >= 0.3 is 0 Å². The molecule has 0 amide bonds. The Morgan fingerprint density at radius 2 is 1.00 bits per heavy atom. The van der Waals surface area contributed by atoms with Crippen LogP contribution in [-0.4, -0.2) is 11.2 Å². The highest BCUT2D eigenvalue weighted by molar-refractivity contribution is 5.23. The van der Waals surface area contributed by atoms with Crippen LogP contribution in [0, 0.1) is 0 Å². The minimum atomic E-state index is -0.400. The highest BCUT2D eigenvalue weighted by atomic mass is 16.5. The van der Waals surface area contributed by atoms with Gasteiger partial charge in [-0.3, -0.25) is 0 Å². The van der Waals surface area contributed by atoms with Crippen LogP contribution in [0.15, 0.2) is 86.0 Å². The fraction of sp³-hybridized carbons (Fsp3) is 0.500. The second kappa shape index (κ2) is 14.9. The molecule has 0 aliphatic rings. The maximum absolute atomic E-state index is 7.26. The van der Waals surface area contributed by atoms with E-state index in [0.717, 1.165) is 38.5 Å². The topological polar surface area (TPSA) is 9.23 Å². The Morgan fingerprint density at radius 3 is 1.33 bits per heavy atom. The van der Waals surface area contributed by atoms with Gasteiger partial charge in [-0.15, -0.1) is 13.2 Å². The first-order valence-corrected chi connectivity index (χ1v) is 13.2. The molecule has 0 aliphatic heterocycles. The lowest BCUT2D eigenvalue weighted by molar-refractivity contribution is -0.116. The summed E-state index contributed by atoms with van der Waals surface area (Å²) in [6, 6.07) is 21.5. The van der Waals surface area contributed by atoms with Crippen LogP contribution in [-0.2, 0) is 17.6 Å². The van der Waals surface area contributed by atoms with Gasteiger partial charge < -0.3 is 4.74 Å². The normalized spacial score (nSPS) is 14.8. The maximum atomic E-state index is 7.26. The van der Waals surface area contributed by atoms with Gasteiger partial charge in [-0.05, 0) is 24.0 Å². The van der Waals surface area contributed by atoms with Crippen LogP contribution in [0.4, 0.5) is 0 Å². The quantitative estimate of drug-likeness (QED) is 0.164. The van der Waals surface area contributed by atoms with Gasteiger partial charge in [0.05, 0.1) is 11.2 Å². The molecule has 0 saturated carbocycles. The first-order chi connectivity index (χ1) is 16.1. The van der Waals surface area contributed by atoms with Gasteiger partial charge in [0.15, 0.2) is 0 Å². The van der Waals surface area contributed by atoms with Crippen LogP contribution >= 0.6 is 0 Å². The van der Waals surface area contributed by atoms with Gasteiger partial charge in [-0.25, -0.2) is 0 Å². The van der Waals surface area contributed by atoms with E-state index in [-0.39, 0.29) is 0 Å². The van der Waals surface area contributed by atoms with Crippen molar-refractivity contribution in [1.29, 1.82) is 0 Å². The molecular formula is C32H46O. The molecule has 0 aromatic heterocycles. The third-order valence-electron chi connectivity index (χ3n) is 6.75. The minimum absolute atomic E-state index is 0.400. The van der Waals surface area contributed by atoms with Crippen LogP contribution in [0.2, 0.25) is 0 Å². The van der Waals surface area contributed by atoms with E-state index >= 15 is 0 Å².